The van der Waals surface area contributed by atoms with Crippen LogP contribution in [0.1, 0.15) is 26.3 Å². The summed E-state index contributed by atoms with van der Waals surface area (Å²) < 4.78 is 25.1. The van der Waals surface area contributed by atoms with E-state index < -0.39 is 9.84 Å². The molecule has 0 aromatic heterocycles. The van der Waals surface area contributed by atoms with Crippen LogP contribution in [-0.4, -0.2) is 13.7 Å². The number of rotatable bonds is 4. The van der Waals surface area contributed by atoms with Crippen molar-refractivity contribution in [2.24, 2.45) is 5.92 Å². The number of hydrogen-bond acceptors (Lipinski definition) is 3. The number of sulfone groups is 1. The summed E-state index contributed by atoms with van der Waals surface area (Å²) in [7, 11) is -3.14. The average Bonchev–Trinajstić information content (AvgIpc) is 2.21. The van der Waals surface area contributed by atoms with E-state index in [2.05, 4.69) is 15.9 Å². The molecule has 0 radical (unpaired) electrons. The molecule has 0 spiro atoms. The Morgan fingerprint density at radius 3 is 2.35 bits per heavy atom. The quantitative estimate of drug-likeness (QED) is 0.868. The lowest BCUT2D eigenvalue weighted by molar-refractivity contribution is 0.545. The highest BCUT2D eigenvalue weighted by atomic mass is 79.9. The van der Waals surface area contributed by atoms with Crippen LogP contribution in [0, 0.1) is 5.92 Å². The summed E-state index contributed by atoms with van der Waals surface area (Å²) in [4.78, 5) is 0. The van der Waals surface area contributed by atoms with Crippen molar-refractivity contribution in [3.05, 3.63) is 28.2 Å². The third kappa shape index (κ3) is 3.71. The van der Waals surface area contributed by atoms with Crippen molar-refractivity contribution in [3.63, 3.8) is 0 Å². The van der Waals surface area contributed by atoms with Gasteiger partial charge in [-0.1, -0.05) is 35.8 Å². The predicted octanol–water partition coefficient (Wildman–Crippen LogP) is 2.99. The van der Waals surface area contributed by atoms with Crippen LogP contribution >= 0.6 is 15.9 Å². The van der Waals surface area contributed by atoms with Gasteiger partial charge in [0.15, 0.2) is 9.84 Å². The minimum absolute atomic E-state index is 0.00542. The second kappa shape index (κ2) is 5.40. The molecule has 3 nitrogen and oxygen atoms in total. The molecule has 0 bridgehead atoms. The molecule has 0 fully saturated rings. The standard InChI is InChI=1S/C12H18BrNO2S/c1-8(2)9(3)17(15,16)7-10-4-5-11(13)6-12(10)14/h4-6,8-9H,7,14H2,1-3H3. The van der Waals surface area contributed by atoms with Gasteiger partial charge in [0.2, 0.25) is 0 Å². The van der Waals surface area contributed by atoms with Crippen LogP contribution in [0.5, 0.6) is 0 Å². The zero-order chi connectivity index (χ0) is 13.2. The highest BCUT2D eigenvalue weighted by Crippen LogP contribution is 2.23. The SMILES string of the molecule is CC(C)C(C)S(=O)(=O)Cc1ccc(Br)cc1N. The van der Waals surface area contributed by atoms with E-state index in [4.69, 9.17) is 5.73 Å². The maximum absolute atomic E-state index is 12.1. The van der Waals surface area contributed by atoms with E-state index in [9.17, 15) is 8.42 Å². The van der Waals surface area contributed by atoms with E-state index in [1.165, 1.54) is 0 Å². The van der Waals surface area contributed by atoms with E-state index in [1.54, 1.807) is 25.1 Å². The summed E-state index contributed by atoms with van der Waals surface area (Å²) in [6.45, 7) is 5.56. The predicted molar refractivity (Wildman–Crippen MR) is 75.5 cm³/mol. The van der Waals surface area contributed by atoms with Gasteiger partial charge in [0.25, 0.3) is 0 Å². The fourth-order valence-corrected chi connectivity index (χ4v) is 3.63. The Balaban J connectivity index is 2.98. The van der Waals surface area contributed by atoms with Gasteiger partial charge in [-0.25, -0.2) is 8.42 Å². The molecule has 1 atom stereocenters. The smallest absolute Gasteiger partial charge is 0.157 e. The van der Waals surface area contributed by atoms with Crippen molar-refractivity contribution in [3.8, 4) is 0 Å². The summed E-state index contributed by atoms with van der Waals surface area (Å²) in [6.07, 6.45) is 0. The molecule has 1 unspecified atom stereocenters. The first-order chi connectivity index (χ1) is 7.74. The van der Waals surface area contributed by atoms with Crippen molar-refractivity contribution in [2.45, 2.75) is 31.8 Å². The van der Waals surface area contributed by atoms with Crippen LogP contribution in [0.25, 0.3) is 0 Å². The highest BCUT2D eigenvalue weighted by Gasteiger charge is 2.24. The van der Waals surface area contributed by atoms with Crippen LogP contribution in [0.3, 0.4) is 0 Å². The Bertz CT molecular complexity index is 497. The van der Waals surface area contributed by atoms with Gasteiger partial charge >= 0.3 is 0 Å². The maximum atomic E-state index is 12.1. The summed E-state index contributed by atoms with van der Waals surface area (Å²) in [6, 6.07) is 5.29. The fraction of sp³-hybridized carbons (Fsp3) is 0.500. The molecule has 1 aromatic carbocycles. The van der Waals surface area contributed by atoms with E-state index >= 15 is 0 Å². The molecule has 0 aliphatic rings. The molecule has 1 rings (SSSR count). The van der Waals surface area contributed by atoms with Crippen LogP contribution in [0.4, 0.5) is 5.69 Å². The number of benzene rings is 1. The first-order valence-electron chi connectivity index (χ1n) is 5.49. The lowest BCUT2D eigenvalue weighted by Gasteiger charge is -2.17. The van der Waals surface area contributed by atoms with Gasteiger partial charge in [-0.3, -0.25) is 0 Å². The lowest BCUT2D eigenvalue weighted by atomic mass is 10.2. The third-order valence-corrected chi connectivity index (χ3v) is 5.85. The Labute approximate surface area is 111 Å². The molecule has 96 valence electrons. The fourth-order valence-electron chi connectivity index (χ4n) is 1.46. The normalized spacial score (nSPS) is 13.9. The molecule has 0 aliphatic heterocycles. The minimum atomic E-state index is -3.14. The molecule has 17 heavy (non-hydrogen) atoms. The largest absolute Gasteiger partial charge is 0.398 e. The molecule has 0 saturated heterocycles. The summed E-state index contributed by atoms with van der Waals surface area (Å²) in [5, 5.41) is -0.356. The van der Waals surface area contributed by atoms with E-state index in [0.29, 0.717) is 11.3 Å². The molecule has 2 N–H and O–H groups in total. The van der Waals surface area contributed by atoms with Crippen molar-refractivity contribution in [2.75, 3.05) is 5.73 Å². The zero-order valence-corrected chi connectivity index (χ0v) is 12.7. The third-order valence-electron chi connectivity index (χ3n) is 2.97. The monoisotopic (exact) mass is 319 g/mol. The van der Waals surface area contributed by atoms with Gasteiger partial charge in [-0.15, -0.1) is 0 Å². The molecular formula is C12H18BrNO2S. The van der Waals surface area contributed by atoms with Gasteiger partial charge in [-0.2, -0.15) is 0 Å². The second-order valence-electron chi connectivity index (χ2n) is 4.60. The van der Waals surface area contributed by atoms with Crippen LogP contribution in [-0.2, 0) is 15.6 Å². The number of anilines is 1. The Kier molecular flexibility index (Phi) is 4.61. The summed E-state index contributed by atoms with van der Waals surface area (Å²) in [5.41, 5.74) is 6.99. The van der Waals surface area contributed by atoms with Crippen molar-refractivity contribution < 1.29 is 8.42 Å². The summed E-state index contributed by atoms with van der Waals surface area (Å²) in [5.74, 6) is 0.113. The average molecular weight is 320 g/mol. The topological polar surface area (TPSA) is 60.2 Å². The van der Waals surface area contributed by atoms with Crippen LogP contribution < -0.4 is 5.73 Å². The molecule has 5 heteroatoms. The van der Waals surface area contributed by atoms with E-state index in [1.807, 2.05) is 13.8 Å². The first-order valence-corrected chi connectivity index (χ1v) is 8.00. The Morgan fingerprint density at radius 2 is 1.88 bits per heavy atom. The van der Waals surface area contributed by atoms with Crippen molar-refractivity contribution in [1.82, 2.24) is 0 Å². The Morgan fingerprint density at radius 1 is 1.29 bits per heavy atom. The van der Waals surface area contributed by atoms with Gasteiger partial charge in [0.05, 0.1) is 11.0 Å². The van der Waals surface area contributed by atoms with Crippen molar-refractivity contribution >= 4 is 31.5 Å². The van der Waals surface area contributed by atoms with E-state index in [-0.39, 0.29) is 16.9 Å². The second-order valence-corrected chi connectivity index (χ2v) is 7.87. The molecule has 0 amide bonds. The molecular weight excluding hydrogens is 302 g/mol. The zero-order valence-electron chi connectivity index (χ0n) is 10.3. The number of nitrogen functional groups attached to an aromatic ring is 1. The minimum Gasteiger partial charge on any atom is -0.398 e. The van der Waals surface area contributed by atoms with Crippen LogP contribution in [0.2, 0.25) is 0 Å². The maximum Gasteiger partial charge on any atom is 0.157 e. The van der Waals surface area contributed by atoms with Gasteiger partial charge in [-0.05, 0) is 30.5 Å². The van der Waals surface area contributed by atoms with Gasteiger partial charge < -0.3 is 5.73 Å². The van der Waals surface area contributed by atoms with Gasteiger partial charge in [0, 0.05) is 10.2 Å². The van der Waals surface area contributed by atoms with Crippen LogP contribution in [0.15, 0.2) is 22.7 Å². The molecule has 0 saturated carbocycles. The lowest BCUT2D eigenvalue weighted by Crippen LogP contribution is -2.25. The van der Waals surface area contributed by atoms with Gasteiger partial charge in [0.1, 0.15) is 0 Å². The molecule has 0 heterocycles. The number of nitrogens with two attached hydrogens (primary N) is 1. The first kappa shape index (κ1) is 14.5. The number of hydrogen-bond donors (Lipinski definition) is 1. The number of halogens is 1. The Hall–Kier alpha value is -0.550. The van der Waals surface area contributed by atoms with E-state index in [0.717, 1.165) is 4.47 Å². The molecule has 0 aliphatic carbocycles. The molecule has 1 aromatic rings. The highest BCUT2D eigenvalue weighted by molar-refractivity contribution is 9.10. The van der Waals surface area contributed by atoms with Crippen molar-refractivity contribution in [1.29, 1.82) is 0 Å². The summed E-state index contributed by atoms with van der Waals surface area (Å²) >= 11 is 3.30.